The van der Waals surface area contributed by atoms with Crippen molar-refractivity contribution in [1.29, 1.82) is 0 Å². The molecule has 1 aliphatic heterocycles. The number of thiazole rings is 1. The number of hydrogen-bond acceptors (Lipinski definition) is 6. The van der Waals surface area contributed by atoms with Crippen LogP contribution in [0.5, 0.6) is 0 Å². The molecular weight excluding hydrogens is 441 g/mol. The van der Waals surface area contributed by atoms with Gasteiger partial charge in [-0.15, -0.1) is 11.3 Å². The highest BCUT2D eigenvalue weighted by Gasteiger charge is 2.27. The first-order chi connectivity index (χ1) is 15.2. The first kappa shape index (κ1) is 24.6. The van der Waals surface area contributed by atoms with E-state index in [-0.39, 0.29) is 12.5 Å². The average Bonchev–Trinajstić information content (AvgIpc) is 3.18. The number of hydrogen-bond donors (Lipinski definition) is 1. The van der Waals surface area contributed by atoms with E-state index in [0.717, 1.165) is 37.4 Å². The summed E-state index contributed by atoms with van der Waals surface area (Å²) in [6.45, 7) is 7.06. The Bertz CT molecular complexity index is 896. The summed E-state index contributed by atoms with van der Waals surface area (Å²) in [5, 5.41) is 5.41. The Morgan fingerprint density at radius 2 is 1.88 bits per heavy atom. The second-order valence-electron chi connectivity index (χ2n) is 8.02. The molecule has 1 aliphatic rings. The summed E-state index contributed by atoms with van der Waals surface area (Å²) in [5.41, 5.74) is 4.31. The molecule has 6 nitrogen and oxygen atoms in total. The fraction of sp³-hybridized carbons (Fsp3) is 0.545. The Labute approximate surface area is 190 Å². The minimum absolute atomic E-state index is 0.0972. The van der Waals surface area contributed by atoms with E-state index >= 15 is 0 Å². The minimum Gasteiger partial charge on any atom is -0.372 e. The summed E-state index contributed by atoms with van der Waals surface area (Å²) in [6, 6.07) is 6.19. The van der Waals surface area contributed by atoms with Crippen LogP contribution in [0.3, 0.4) is 0 Å². The number of halogens is 3. The van der Waals surface area contributed by atoms with Crippen LogP contribution < -0.4 is 5.32 Å². The molecular formula is C22H29F3N4O2S. The molecule has 1 saturated heterocycles. The van der Waals surface area contributed by atoms with Gasteiger partial charge in [0.25, 0.3) is 0 Å². The van der Waals surface area contributed by atoms with Crippen molar-refractivity contribution in [2.24, 2.45) is 0 Å². The zero-order chi connectivity index (χ0) is 23.1. The van der Waals surface area contributed by atoms with Crippen molar-refractivity contribution in [1.82, 2.24) is 14.8 Å². The van der Waals surface area contributed by atoms with Crippen molar-refractivity contribution in [2.45, 2.75) is 26.4 Å². The van der Waals surface area contributed by atoms with Crippen molar-refractivity contribution in [2.75, 3.05) is 57.8 Å². The second-order valence-corrected chi connectivity index (χ2v) is 8.88. The highest BCUT2D eigenvalue weighted by molar-refractivity contribution is 7.14. The molecule has 1 amide bonds. The third-order valence-corrected chi connectivity index (χ3v) is 6.17. The van der Waals surface area contributed by atoms with Gasteiger partial charge in [-0.2, -0.15) is 13.2 Å². The SMILES string of the molecule is Cc1ccc(-c2csc(NC(=O)CN3CCN(CCCOCC(F)(F)F)CC3)n2)cc1C. The van der Waals surface area contributed by atoms with E-state index in [1.54, 1.807) is 0 Å². The van der Waals surface area contributed by atoms with Crippen LogP contribution in [0.2, 0.25) is 0 Å². The van der Waals surface area contributed by atoms with Crippen LogP contribution in [0.1, 0.15) is 17.5 Å². The Morgan fingerprint density at radius 3 is 2.56 bits per heavy atom. The predicted octanol–water partition coefficient (Wildman–Crippen LogP) is 3.95. The molecule has 0 saturated carbocycles. The van der Waals surface area contributed by atoms with Crippen molar-refractivity contribution < 1.29 is 22.7 Å². The lowest BCUT2D eigenvalue weighted by Crippen LogP contribution is -2.48. The molecule has 0 aliphatic carbocycles. The molecule has 1 aromatic carbocycles. The Morgan fingerprint density at radius 1 is 1.16 bits per heavy atom. The maximum Gasteiger partial charge on any atom is 0.411 e. The van der Waals surface area contributed by atoms with Crippen molar-refractivity contribution in [3.63, 3.8) is 0 Å². The number of carbonyl (C=O) groups is 1. The van der Waals surface area contributed by atoms with Crippen molar-refractivity contribution in [3.05, 3.63) is 34.7 Å². The standard InChI is InChI=1S/C22H29F3N4O2S/c1-16-4-5-18(12-17(16)2)19-14-32-21(26-19)27-20(30)13-29-9-7-28(8-10-29)6-3-11-31-15-22(23,24)25/h4-5,12,14H,3,6-11,13,15H2,1-2H3,(H,26,27,30). The van der Waals surface area contributed by atoms with Gasteiger partial charge < -0.3 is 15.0 Å². The molecule has 0 atom stereocenters. The number of piperazine rings is 1. The van der Waals surface area contributed by atoms with E-state index < -0.39 is 12.8 Å². The van der Waals surface area contributed by atoms with Gasteiger partial charge in [0.15, 0.2) is 5.13 Å². The molecule has 3 rings (SSSR count). The van der Waals surface area contributed by atoms with Crippen LogP contribution in [-0.2, 0) is 9.53 Å². The first-order valence-corrected chi connectivity index (χ1v) is 11.5. The molecule has 0 bridgehead atoms. The third-order valence-electron chi connectivity index (χ3n) is 5.41. The maximum atomic E-state index is 12.4. The van der Waals surface area contributed by atoms with E-state index in [4.69, 9.17) is 0 Å². The van der Waals surface area contributed by atoms with E-state index in [1.165, 1.54) is 22.5 Å². The number of amides is 1. The monoisotopic (exact) mass is 470 g/mol. The Hall–Kier alpha value is -2.01. The van der Waals surface area contributed by atoms with E-state index in [2.05, 4.69) is 50.8 Å². The van der Waals surface area contributed by atoms with Crippen LogP contribution in [0.15, 0.2) is 23.6 Å². The van der Waals surface area contributed by atoms with Crippen molar-refractivity contribution >= 4 is 22.4 Å². The fourth-order valence-electron chi connectivity index (χ4n) is 3.48. The number of nitrogens with zero attached hydrogens (tertiary/aromatic N) is 3. The Balaban J connectivity index is 1.36. The molecule has 1 aromatic heterocycles. The molecule has 2 aromatic rings. The summed E-state index contributed by atoms with van der Waals surface area (Å²) < 4.78 is 40.8. The topological polar surface area (TPSA) is 57.7 Å². The molecule has 1 fully saturated rings. The minimum atomic E-state index is -4.27. The normalized spacial score (nSPS) is 15.8. The molecule has 10 heteroatoms. The predicted molar refractivity (Wildman–Crippen MR) is 120 cm³/mol. The molecule has 0 spiro atoms. The molecule has 2 heterocycles. The summed E-state index contributed by atoms with van der Waals surface area (Å²) in [7, 11) is 0. The van der Waals surface area contributed by atoms with Gasteiger partial charge in [-0.05, 0) is 37.5 Å². The lowest BCUT2D eigenvalue weighted by Gasteiger charge is -2.34. The summed E-state index contributed by atoms with van der Waals surface area (Å²) in [4.78, 5) is 21.2. The highest BCUT2D eigenvalue weighted by atomic mass is 32.1. The molecule has 0 radical (unpaired) electrons. The molecule has 32 heavy (non-hydrogen) atoms. The lowest BCUT2D eigenvalue weighted by molar-refractivity contribution is -0.174. The number of ether oxygens (including phenoxy) is 1. The zero-order valence-electron chi connectivity index (χ0n) is 18.4. The number of aryl methyl sites for hydroxylation is 2. The quantitative estimate of drug-likeness (QED) is 0.563. The second kappa shape index (κ2) is 11.2. The van der Waals surface area contributed by atoms with Gasteiger partial charge in [0.2, 0.25) is 5.91 Å². The van der Waals surface area contributed by atoms with E-state index in [1.807, 2.05) is 11.4 Å². The Kier molecular flexibility index (Phi) is 8.64. The number of alkyl halides is 3. The number of rotatable bonds is 9. The largest absolute Gasteiger partial charge is 0.411 e. The molecule has 176 valence electrons. The summed E-state index contributed by atoms with van der Waals surface area (Å²) in [5.74, 6) is -0.0972. The lowest BCUT2D eigenvalue weighted by atomic mass is 10.1. The molecule has 0 unspecified atom stereocenters. The van der Waals surface area contributed by atoms with E-state index in [0.29, 0.717) is 24.6 Å². The van der Waals surface area contributed by atoms with Gasteiger partial charge in [-0.25, -0.2) is 4.98 Å². The van der Waals surface area contributed by atoms with Gasteiger partial charge in [0.1, 0.15) is 6.61 Å². The average molecular weight is 471 g/mol. The van der Waals surface area contributed by atoms with Gasteiger partial charge in [0, 0.05) is 50.3 Å². The highest BCUT2D eigenvalue weighted by Crippen LogP contribution is 2.26. The summed E-state index contributed by atoms with van der Waals surface area (Å²) >= 11 is 1.41. The first-order valence-electron chi connectivity index (χ1n) is 10.6. The van der Waals surface area contributed by atoms with Crippen LogP contribution in [0, 0.1) is 13.8 Å². The van der Waals surface area contributed by atoms with Gasteiger partial charge in [-0.1, -0.05) is 12.1 Å². The number of carbonyl (C=O) groups excluding carboxylic acids is 1. The van der Waals surface area contributed by atoms with Gasteiger partial charge >= 0.3 is 6.18 Å². The summed E-state index contributed by atoms with van der Waals surface area (Å²) in [6.07, 6.45) is -3.71. The number of anilines is 1. The number of nitrogens with one attached hydrogen (secondary N) is 1. The van der Waals surface area contributed by atoms with Gasteiger partial charge in [-0.3, -0.25) is 9.69 Å². The van der Waals surface area contributed by atoms with Gasteiger partial charge in [0.05, 0.1) is 12.2 Å². The van der Waals surface area contributed by atoms with E-state index in [9.17, 15) is 18.0 Å². The molecule has 1 N–H and O–H groups in total. The number of aromatic nitrogens is 1. The third kappa shape index (κ3) is 7.84. The zero-order valence-corrected chi connectivity index (χ0v) is 19.2. The maximum absolute atomic E-state index is 12.4. The smallest absolute Gasteiger partial charge is 0.372 e. The van der Waals surface area contributed by atoms with Crippen LogP contribution in [0.25, 0.3) is 11.3 Å². The number of benzene rings is 1. The fourth-order valence-corrected chi connectivity index (χ4v) is 4.21. The van der Waals surface area contributed by atoms with Crippen LogP contribution in [-0.4, -0.2) is 79.3 Å². The van der Waals surface area contributed by atoms with Crippen molar-refractivity contribution in [3.8, 4) is 11.3 Å². The van der Waals surface area contributed by atoms with Crippen LogP contribution in [0.4, 0.5) is 18.3 Å². The van der Waals surface area contributed by atoms with Crippen LogP contribution >= 0.6 is 11.3 Å².